The smallest absolute Gasteiger partial charge is 0.265 e. The van der Waals surface area contributed by atoms with Crippen LogP contribution in [0.25, 0.3) is 0 Å². The summed E-state index contributed by atoms with van der Waals surface area (Å²) >= 11 is 0. The standard InChI is InChI=1S/C19H22N2O4S/c1-13-8-9-14(2)15(12-13)20-19(22)18-10-11-21(26(3,23)24)16-6-4-5-7-17(16)25-18/h4-9,12,18H,10-11H2,1-3H3,(H,20,22). The van der Waals surface area contributed by atoms with E-state index in [1.54, 1.807) is 24.3 Å². The molecule has 0 saturated heterocycles. The van der Waals surface area contributed by atoms with Crippen LogP contribution in [0, 0.1) is 13.8 Å². The fraction of sp³-hybridized carbons (Fsp3) is 0.316. The van der Waals surface area contributed by atoms with Crippen molar-refractivity contribution in [1.29, 1.82) is 0 Å². The van der Waals surface area contributed by atoms with Crippen molar-refractivity contribution < 1.29 is 17.9 Å². The van der Waals surface area contributed by atoms with E-state index < -0.39 is 16.1 Å². The minimum absolute atomic E-state index is 0.181. The molecule has 1 unspecified atom stereocenters. The molecular formula is C19H22N2O4S. The number of hydrogen-bond acceptors (Lipinski definition) is 4. The highest BCUT2D eigenvalue weighted by atomic mass is 32.2. The van der Waals surface area contributed by atoms with Crippen LogP contribution in [0.4, 0.5) is 11.4 Å². The number of sulfonamides is 1. The largest absolute Gasteiger partial charge is 0.478 e. The van der Waals surface area contributed by atoms with Crippen LogP contribution in [0.15, 0.2) is 42.5 Å². The lowest BCUT2D eigenvalue weighted by Gasteiger charge is -2.20. The highest BCUT2D eigenvalue weighted by Crippen LogP contribution is 2.34. The second-order valence-electron chi connectivity index (χ2n) is 6.51. The first-order valence-corrected chi connectivity index (χ1v) is 10.2. The normalized spacial score (nSPS) is 17.0. The fourth-order valence-corrected chi connectivity index (χ4v) is 3.89. The molecule has 0 aliphatic carbocycles. The van der Waals surface area contributed by atoms with Crippen molar-refractivity contribution >= 4 is 27.3 Å². The minimum atomic E-state index is -3.46. The third-order valence-electron chi connectivity index (χ3n) is 4.34. The van der Waals surface area contributed by atoms with Crippen LogP contribution in [-0.2, 0) is 14.8 Å². The molecule has 0 bridgehead atoms. The fourth-order valence-electron chi connectivity index (χ4n) is 2.94. The summed E-state index contributed by atoms with van der Waals surface area (Å²) < 4.78 is 31.4. The summed E-state index contributed by atoms with van der Waals surface area (Å²) in [4.78, 5) is 12.7. The molecular weight excluding hydrogens is 352 g/mol. The number of nitrogens with one attached hydrogen (secondary N) is 1. The van der Waals surface area contributed by atoms with E-state index in [0.717, 1.165) is 23.1 Å². The molecule has 7 heteroatoms. The van der Waals surface area contributed by atoms with E-state index in [9.17, 15) is 13.2 Å². The summed E-state index contributed by atoms with van der Waals surface area (Å²) in [5, 5.41) is 2.90. The number of aryl methyl sites for hydroxylation is 2. The van der Waals surface area contributed by atoms with E-state index in [4.69, 9.17) is 4.74 Å². The molecule has 0 aromatic heterocycles. The van der Waals surface area contributed by atoms with E-state index in [1.165, 1.54) is 4.31 Å². The number of para-hydroxylation sites is 2. The van der Waals surface area contributed by atoms with Gasteiger partial charge >= 0.3 is 0 Å². The Hall–Kier alpha value is -2.54. The SMILES string of the molecule is Cc1ccc(C)c(NC(=O)C2CCN(S(C)(=O)=O)c3ccccc3O2)c1. The number of rotatable bonds is 3. The number of anilines is 2. The Morgan fingerprint density at radius 3 is 2.65 bits per heavy atom. The summed E-state index contributed by atoms with van der Waals surface area (Å²) in [5.41, 5.74) is 3.19. The molecule has 1 N–H and O–H groups in total. The Bertz CT molecular complexity index is 940. The summed E-state index contributed by atoms with van der Waals surface area (Å²) in [7, 11) is -3.46. The van der Waals surface area contributed by atoms with Crippen molar-refractivity contribution in [3.05, 3.63) is 53.6 Å². The van der Waals surface area contributed by atoms with Gasteiger partial charge in [0.2, 0.25) is 10.0 Å². The minimum Gasteiger partial charge on any atom is -0.478 e. The van der Waals surface area contributed by atoms with Gasteiger partial charge in [-0.05, 0) is 43.2 Å². The van der Waals surface area contributed by atoms with Gasteiger partial charge in [0, 0.05) is 18.7 Å². The first-order chi connectivity index (χ1) is 12.3. The summed E-state index contributed by atoms with van der Waals surface area (Å²) in [5.74, 6) is 0.0976. The number of benzene rings is 2. The van der Waals surface area contributed by atoms with Crippen molar-refractivity contribution in [1.82, 2.24) is 0 Å². The van der Waals surface area contributed by atoms with Crippen LogP contribution in [0.5, 0.6) is 5.75 Å². The molecule has 0 radical (unpaired) electrons. The maximum atomic E-state index is 12.7. The number of carbonyl (C=O) groups is 1. The van der Waals surface area contributed by atoms with Gasteiger partial charge in [-0.3, -0.25) is 9.10 Å². The second kappa shape index (κ2) is 6.99. The van der Waals surface area contributed by atoms with Crippen LogP contribution in [0.1, 0.15) is 17.5 Å². The predicted molar refractivity (Wildman–Crippen MR) is 102 cm³/mol. The van der Waals surface area contributed by atoms with Gasteiger partial charge in [-0.2, -0.15) is 0 Å². The molecule has 1 aliphatic heterocycles. The molecule has 2 aromatic rings. The van der Waals surface area contributed by atoms with Crippen molar-refractivity contribution in [2.24, 2.45) is 0 Å². The number of fused-ring (bicyclic) bond motifs is 1. The number of ether oxygens (including phenoxy) is 1. The molecule has 1 heterocycles. The molecule has 2 aromatic carbocycles. The summed E-state index contributed by atoms with van der Waals surface area (Å²) in [6, 6.07) is 12.7. The number of hydrogen-bond donors (Lipinski definition) is 1. The monoisotopic (exact) mass is 374 g/mol. The van der Waals surface area contributed by atoms with E-state index >= 15 is 0 Å². The first-order valence-electron chi connectivity index (χ1n) is 8.37. The lowest BCUT2D eigenvalue weighted by atomic mass is 10.1. The van der Waals surface area contributed by atoms with Gasteiger partial charge in [0.15, 0.2) is 6.10 Å². The zero-order valence-corrected chi connectivity index (χ0v) is 15.8. The maximum Gasteiger partial charge on any atom is 0.265 e. The van der Waals surface area contributed by atoms with E-state index in [0.29, 0.717) is 11.4 Å². The quantitative estimate of drug-likeness (QED) is 0.896. The van der Waals surface area contributed by atoms with Crippen molar-refractivity contribution in [3.63, 3.8) is 0 Å². The molecule has 26 heavy (non-hydrogen) atoms. The molecule has 1 atom stereocenters. The molecule has 0 fully saturated rings. The van der Waals surface area contributed by atoms with Gasteiger partial charge in [-0.1, -0.05) is 24.3 Å². The van der Waals surface area contributed by atoms with Gasteiger partial charge in [0.05, 0.1) is 11.9 Å². The third kappa shape index (κ3) is 3.83. The van der Waals surface area contributed by atoms with Crippen LogP contribution < -0.4 is 14.4 Å². The Labute approximate surface area is 153 Å². The molecule has 0 spiro atoms. The van der Waals surface area contributed by atoms with Crippen molar-refractivity contribution in [2.45, 2.75) is 26.4 Å². The topological polar surface area (TPSA) is 75.7 Å². The van der Waals surface area contributed by atoms with Crippen molar-refractivity contribution in [2.75, 3.05) is 22.4 Å². The average Bonchev–Trinajstić information content (AvgIpc) is 2.77. The maximum absolute atomic E-state index is 12.7. The molecule has 1 amide bonds. The van der Waals surface area contributed by atoms with Crippen LogP contribution >= 0.6 is 0 Å². The molecule has 138 valence electrons. The first kappa shape index (κ1) is 18.3. The molecule has 3 rings (SSSR count). The lowest BCUT2D eigenvalue weighted by Crippen LogP contribution is -2.36. The van der Waals surface area contributed by atoms with Gasteiger partial charge in [-0.15, -0.1) is 0 Å². The van der Waals surface area contributed by atoms with E-state index in [2.05, 4.69) is 5.32 Å². The van der Waals surface area contributed by atoms with E-state index in [-0.39, 0.29) is 18.9 Å². The predicted octanol–water partition coefficient (Wildman–Crippen LogP) is 2.86. The highest BCUT2D eigenvalue weighted by molar-refractivity contribution is 7.92. The van der Waals surface area contributed by atoms with Crippen LogP contribution in [0.2, 0.25) is 0 Å². The molecule has 0 saturated carbocycles. The number of nitrogens with zero attached hydrogens (tertiary/aromatic N) is 1. The Kier molecular flexibility index (Phi) is 4.91. The van der Waals surface area contributed by atoms with Gasteiger partial charge in [-0.25, -0.2) is 8.42 Å². The zero-order chi connectivity index (χ0) is 18.9. The van der Waals surface area contributed by atoms with E-state index in [1.807, 2.05) is 32.0 Å². The molecule has 6 nitrogen and oxygen atoms in total. The van der Waals surface area contributed by atoms with Crippen LogP contribution in [0.3, 0.4) is 0 Å². The number of carbonyl (C=O) groups excluding carboxylic acids is 1. The molecule has 1 aliphatic rings. The Morgan fingerprint density at radius 1 is 1.19 bits per heavy atom. The van der Waals surface area contributed by atoms with Gasteiger partial charge in [0.25, 0.3) is 5.91 Å². The van der Waals surface area contributed by atoms with Crippen molar-refractivity contribution in [3.8, 4) is 5.75 Å². The number of amides is 1. The third-order valence-corrected chi connectivity index (χ3v) is 5.52. The van der Waals surface area contributed by atoms with Gasteiger partial charge < -0.3 is 10.1 Å². The van der Waals surface area contributed by atoms with Crippen LogP contribution in [-0.4, -0.2) is 33.2 Å². The lowest BCUT2D eigenvalue weighted by molar-refractivity contribution is -0.122. The summed E-state index contributed by atoms with van der Waals surface area (Å²) in [6.45, 7) is 4.06. The van der Waals surface area contributed by atoms with Gasteiger partial charge in [0.1, 0.15) is 5.75 Å². The Morgan fingerprint density at radius 2 is 1.92 bits per heavy atom. The highest BCUT2D eigenvalue weighted by Gasteiger charge is 2.31. The summed E-state index contributed by atoms with van der Waals surface area (Å²) in [6.07, 6.45) is 0.640. The average molecular weight is 374 g/mol. The Balaban J connectivity index is 1.87. The zero-order valence-electron chi connectivity index (χ0n) is 15.0. The second-order valence-corrected chi connectivity index (χ2v) is 8.41.